The lowest BCUT2D eigenvalue weighted by Gasteiger charge is -2.09. The largest absolute Gasteiger partial charge is 0.496 e. The normalized spacial score (nSPS) is 12.1. The molecule has 1 unspecified atom stereocenters. The summed E-state index contributed by atoms with van der Waals surface area (Å²) in [6, 6.07) is 11.1. The van der Waals surface area contributed by atoms with Gasteiger partial charge >= 0.3 is 0 Å². The molecular weight excluding hydrogens is 265 g/mol. The molecule has 0 saturated carbocycles. The van der Waals surface area contributed by atoms with Crippen molar-refractivity contribution in [2.24, 2.45) is 0 Å². The summed E-state index contributed by atoms with van der Waals surface area (Å²) in [5.74, 6) is 0.289. The van der Waals surface area contributed by atoms with Crippen LogP contribution in [0.4, 0.5) is 10.1 Å². The van der Waals surface area contributed by atoms with E-state index in [0.29, 0.717) is 17.0 Å². The van der Waals surface area contributed by atoms with E-state index in [1.54, 1.807) is 30.3 Å². The first-order valence-electron chi connectivity index (χ1n) is 5.67. The number of ether oxygens (including phenoxy) is 1. The Morgan fingerprint density at radius 3 is 2.68 bits per heavy atom. The van der Waals surface area contributed by atoms with Crippen LogP contribution in [0.3, 0.4) is 0 Å². The van der Waals surface area contributed by atoms with Crippen molar-refractivity contribution >= 4 is 16.5 Å². The number of methoxy groups -OCH3 is 1. The molecule has 0 spiro atoms. The molecule has 0 fully saturated rings. The van der Waals surface area contributed by atoms with Gasteiger partial charge in [-0.05, 0) is 30.3 Å². The Hall–Kier alpha value is -1.88. The van der Waals surface area contributed by atoms with E-state index in [9.17, 15) is 8.60 Å². The van der Waals surface area contributed by atoms with E-state index in [1.807, 2.05) is 0 Å². The minimum absolute atomic E-state index is 0.162. The average molecular weight is 279 g/mol. The van der Waals surface area contributed by atoms with E-state index in [2.05, 4.69) is 0 Å². The van der Waals surface area contributed by atoms with Crippen LogP contribution in [0.5, 0.6) is 5.75 Å². The maximum absolute atomic E-state index is 13.6. The minimum atomic E-state index is -1.48. The SMILES string of the molecule is COc1ccc(N)cc1CS(=O)c1ccccc1F. The molecule has 0 saturated heterocycles. The molecule has 1 atom stereocenters. The maximum atomic E-state index is 13.6. The van der Waals surface area contributed by atoms with Gasteiger partial charge in [-0.2, -0.15) is 0 Å². The van der Waals surface area contributed by atoms with E-state index in [4.69, 9.17) is 10.5 Å². The molecule has 0 aliphatic rings. The summed E-state index contributed by atoms with van der Waals surface area (Å²) in [4.78, 5) is 0.187. The highest BCUT2D eigenvalue weighted by molar-refractivity contribution is 7.84. The molecule has 19 heavy (non-hydrogen) atoms. The van der Waals surface area contributed by atoms with Crippen LogP contribution in [0.15, 0.2) is 47.4 Å². The van der Waals surface area contributed by atoms with Crippen molar-refractivity contribution in [1.29, 1.82) is 0 Å². The first kappa shape index (κ1) is 13.5. The Morgan fingerprint density at radius 1 is 1.26 bits per heavy atom. The van der Waals surface area contributed by atoms with Crippen LogP contribution in [-0.2, 0) is 16.6 Å². The molecule has 100 valence electrons. The average Bonchev–Trinajstić information content (AvgIpc) is 2.39. The van der Waals surface area contributed by atoms with Crippen LogP contribution in [0.25, 0.3) is 0 Å². The van der Waals surface area contributed by atoms with Crippen molar-refractivity contribution in [2.45, 2.75) is 10.6 Å². The zero-order valence-electron chi connectivity index (χ0n) is 10.4. The molecule has 5 heteroatoms. The molecule has 2 aromatic rings. The highest BCUT2D eigenvalue weighted by Gasteiger charge is 2.13. The van der Waals surface area contributed by atoms with Crippen molar-refractivity contribution in [3.63, 3.8) is 0 Å². The van der Waals surface area contributed by atoms with Gasteiger partial charge in [-0.1, -0.05) is 12.1 Å². The highest BCUT2D eigenvalue weighted by Crippen LogP contribution is 2.25. The van der Waals surface area contributed by atoms with Crippen molar-refractivity contribution < 1.29 is 13.3 Å². The van der Waals surface area contributed by atoms with E-state index in [0.717, 1.165) is 0 Å². The Labute approximate surface area is 113 Å². The zero-order chi connectivity index (χ0) is 13.8. The smallest absolute Gasteiger partial charge is 0.139 e. The molecule has 0 aliphatic carbocycles. The Bertz CT molecular complexity index is 616. The predicted octanol–water partition coefficient (Wildman–Crippen LogP) is 2.72. The summed E-state index contributed by atoms with van der Waals surface area (Å²) in [5.41, 5.74) is 6.95. The number of hydrogen-bond acceptors (Lipinski definition) is 3. The van der Waals surface area contributed by atoms with Gasteiger partial charge in [0.15, 0.2) is 0 Å². The topological polar surface area (TPSA) is 52.3 Å². The van der Waals surface area contributed by atoms with Gasteiger partial charge in [0.25, 0.3) is 0 Å². The van der Waals surface area contributed by atoms with Crippen LogP contribution in [0.2, 0.25) is 0 Å². The van der Waals surface area contributed by atoms with Gasteiger partial charge < -0.3 is 10.5 Å². The molecule has 2 rings (SSSR count). The highest BCUT2D eigenvalue weighted by atomic mass is 32.2. The lowest BCUT2D eigenvalue weighted by molar-refractivity contribution is 0.411. The molecule has 2 aromatic carbocycles. The number of nitrogens with two attached hydrogens (primary N) is 1. The maximum Gasteiger partial charge on any atom is 0.139 e. The second kappa shape index (κ2) is 5.84. The fraction of sp³-hybridized carbons (Fsp3) is 0.143. The molecule has 0 radical (unpaired) electrons. The molecule has 2 N–H and O–H groups in total. The molecular formula is C14H14FNO2S. The lowest BCUT2D eigenvalue weighted by Crippen LogP contribution is -2.02. The Kier molecular flexibility index (Phi) is 4.16. The summed E-state index contributed by atoms with van der Waals surface area (Å²) in [5, 5.41) is 0. The summed E-state index contributed by atoms with van der Waals surface area (Å²) in [7, 11) is 0.0521. The van der Waals surface area contributed by atoms with Gasteiger partial charge in [0.2, 0.25) is 0 Å². The lowest BCUT2D eigenvalue weighted by atomic mass is 10.2. The third kappa shape index (κ3) is 3.12. The monoisotopic (exact) mass is 279 g/mol. The summed E-state index contributed by atoms with van der Waals surface area (Å²) in [6.07, 6.45) is 0. The van der Waals surface area contributed by atoms with Crippen molar-refractivity contribution in [2.75, 3.05) is 12.8 Å². The molecule has 3 nitrogen and oxygen atoms in total. The molecule has 0 bridgehead atoms. The number of nitrogen functional groups attached to an aromatic ring is 1. The van der Waals surface area contributed by atoms with E-state index < -0.39 is 16.6 Å². The summed E-state index contributed by atoms with van der Waals surface area (Å²) >= 11 is 0. The molecule has 0 aliphatic heterocycles. The first-order valence-corrected chi connectivity index (χ1v) is 6.99. The van der Waals surface area contributed by atoms with Gasteiger partial charge in [-0.15, -0.1) is 0 Å². The van der Waals surface area contributed by atoms with Crippen LogP contribution < -0.4 is 10.5 Å². The fourth-order valence-electron chi connectivity index (χ4n) is 1.76. The van der Waals surface area contributed by atoms with Crippen molar-refractivity contribution in [3.05, 3.63) is 53.8 Å². The van der Waals surface area contributed by atoms with Gasteiger partial charge in [-0.3, -0.25) is 4.21 Å². The second-order valence-corrected chi connectivity index (χ2v) is 5.41. The third-order valence-electron chi connectivity index (χ3n) is 2.67. The standard InChI is InChI=1S/C14H14FNO2S/c1-18-13-7-6-11(16)8-10(13)9-19(17)14-5-3-2-4-12(14)15/h2-8H,9,16H2,1H3. The quantitative estimate of drug-likeness (QED) is 0.875. The van der Waals surface area contributed by atoms with Crippen LogP contribution >= 0.6 is 0 Å². The molecule has 0 heterocycles. The number of hydrogen-bond donors (Lipinski definition) is 1. The second-order valence-electron chi connectivity index (χ2n) is 3.99. The summed E-state index contributed by atoms with van der Waals surface area (Å²) in [6.45, 7) is 0. The van der Waals surface area contributed by atoms with Gasteiger partial charge in [0.05, 0.1) is 28.6 Å². The van der Waals surface area contributed by atoms with E-state index >= 15 is 0 Å². The number of rotatable bonds is 4. The van der Waals surface area contributed by atoms with E-state index in [1.165, 1.54) is 19.2 Å². The third-order valence-corrected chi connectivity index (χ3v) is 4.07. The fourth-order valence-corrected chi connectivity index (χ4v) is 2.94. The Morgan fingerprint density at radius 2 is 2.00 bits per heavy atom. The Balaban J connectivity index is 2.29. The zero-order valence-corrected chi connectivity index (χ0v) is 11.2. The van der Waals surface area contributed by atoms with Gasteiger partial charge in [0.1, 0.15) is 11.6 Å². The minimum Gasteiger partial charge on any atom is -0.496 e. The number of anilines is 1. The van der Waals surface area contributed by atoms with Crippen LogP contribution in [0, 0.1) is 5.82 Å². The van der Waals surface area contributed by atoms with Gasteiger partial charge in [0, 0.05) is 11.3 Å². The van der Waals surface area contributed by atoms with Gasteiger partial charge in [-0.25, -0.2) is 4.39 Å². The number of halogens is 1. The predicted molar refractivity (Wildman–Crippen MR) is 73.9 cm³/mol. The van der Waals surface area contributed by atoms with E-state index in [-0.39, 0.29) is 10.6 Å². The summed E-state index contributed by atoms with van der Waals surface area (Å²) < 4.78 is 30.9. The van der Waals surface area contributed by atoms with Crippen molar-refractivity contribution in [1.82, 2.24) is 0 Å². The van der Waals surface area contributed by atoms with Crippen LogP contribution in [-0.4, -0.2) is 11.3 Å². The molecule has 0 aromatic heterocycles. The molecule has 0 amide bonds. The van der Waals surface area contributed by atoms with Crippen molar-refractivity contribution in [3.8, 4) is 5.75 Å². The first-order chi connectivity index (χ1) is 9.11. The number of benzene rings is 2. The van der Waals surface area contributed by atoms with Crippen LogP contribution in [0.1, 0.15) is 5.56 Å².